The summed E-state index contributed by atoms with van der Waals surface area (Å²) in [7, 11) is 0. The van der Waals surface area contributed by atoms with Crippen molar-refractivity contribution >= 4 is 11.0 Å². The zero-order chi connectivity index (χ0) is 17.2. The minimum atomic E-state index is -0.354. The van der Waals surface area contributed by atoms with Crippen molar-refractivity contribution in [1.82, 2.24) is 4.90 Å². The maximum atomic E-state index is 12.9. The first kappa shape index (κ1) is 15.9. The van der Waals surface area contributed by atoms with Crippen LogP contribution in [0.1, 0.15) is 24.8 Å². The van der Waals surface area contributed by atoms with E-state index >= 15 is 0 Å². The van der Waals surface area contributed by atoms with E-state index in [0.29, 0.717) is 23.1 Å². The van der Waals surface area contributed by atoms with Gasteiger partial charge >= 0.3 is 0 Å². The van der Waals surface area contributed by atoms with E-state index in [2.05, 4.69) is 4.90 Å². The van der Waals surface area contributed by atoms with Gasteiger partial charge in [0.2, 0.25) is 11.2 Å². The Hall–Kier alpha value is -2.59. The molecule has 0 spiro atoms. The summed E-state index contributed by atoms with van der Waals surface area (Å²) in [6.07, 6.45) is 3.67. The molecule has 0 unspecified atom stereocenters. The Morgan fingerprint density at radius 2 is 1.72 bits per heavy atom. The Morgan fingerprint density at radius 3 is 2.48 bits per heavy atom. The number of hydrogen-bond donors (Lipinski definition) is 1. The van der Waals surface area contributed by atoms with Crippen molar-refractivity contribution in [2.75, 3.05) is 13.1 Å². The molecule has 2 aromatic carbocycles. The fraction of sp³-hybridized carbons (Fsp3) is 0.286. The first-order valence-electron chi connectivity index (χ1n) is 8.79. The van der Waals surface area contributed by atoms with Crippen molar-refractivity contribution < 1.29 is 9.52 Å². The highest BCUT2D eigenvalue weighted by Gasteiger charge is 2.19. The van der Waals surface area contributed by atoms with Crippen LogP contribution in [-0.4, -0.2) is 23.1 Å². The molecule has 1 aromatic heterocycles. The van der Waals surface area contributed by atoms with Gasteiger partial charge in [-0.25, -0.2) is 0 Å². The van der Waals surface area contributed by atoms with Crippen LogP contribution in [0.3, 0.4) is 0 Å². The third-order valence-electron chi connectivity index (χ3n) is 4.86. The van der Waals surface area contributed by atoms with E-state index in [4.69, 9.17) is 4.42 Å². The standard InChI is InChI=1S/C21H21NO3/c23-19-18-16(14-22-12-5-2-6-13-22)10-7-11-17(18)25-21(20(19)24)15-8-3-1-4-9-15/h1,3-4,7-11,24H,2,5-6,12-14H2. The van der Waals surface area contributed by atoms with Crippen LogP contribution >= 0.6 is 0 Å². The van der Waals surface area contributed by atoms with E-state index in [1.807, 2.05) is 42.5 Å². The molecule has 3 aromatic rings. The molecular weight excluding hydrogens is 314 g/mol. The van der Waals surface area contributed by atoms with Gasteiger partial charge in [-0.2, -0.15) is 0 Å². The highest BCUT2D eigenvalue weighted by atomic mass is 16.4. The van der Waals surface area contributed by atoms with Crippen LogP contribution in [0.2, 0.25) is 0 Å². The third-order valence-corrected chi connectivity index (χ3v) is 4.86. The van der Waals surface area contributed by atoms with Gasteiger partial charge in [-0.3, -0.25) is 9.69 Å². The lowest BCUT2D eigenvalue weighted by molar-refractivity contribution is 0.221. The molecule has 0 saturated carbocycles. The normalized spacial score (nSPS) is 15.5. The summed E-state index contributed by atoms with van der Waals surface area (Å²) in [4.78, 5) is 15.2. The van der Waals surface area contributed by atoms with Crippen molar-refractivity contribution in [2.24, 2.45) is 0 Å². The predicted octanol–water partition coefficient (Wildman–Crippen LogP) is 4.15. The van der Waals surface area contributed by atoms with Crippen LogP contribution in [0.4, 0.5) is 0 Å². The predicted molar refractivity (Wildman–Crippen MR) is 98.7 cm³/mol. The number of hydrogen-bond acceptors (Lipinski definition) is 4. The second kappa shape index (κ2) is 6.73. The maximum Gasteiger partial charge on any atom is 0.235 e. The number of likely N-dealkylation sites (tertiary alicyclic amines) is 1. The monoisotopic (exact) mass is 335 g/mol. The molecule has 25 heavy (non-hydrogen) atoms. The quantitative estimate of drug-likeness (QED) is 0.781. The molecule has 2 heterocycles. The van der Waals surface area contributed by atoms with Crippen LogP contribution in [0.5, 0.6) is 5.75 Å². The molecule has 128 valence electrons. The minimum Gasteiger partial charge on any atom is -0.502 e. The Kier molecular flexibility index (Phi) is 4.28. The van der Waals surface area contributed by atoms with E-state index in [1.54, 1.807) is 6.07 Å². The van der Waals surface area contributed by atoms with E-state index in [1.165, 1.54) is 19.3 Å². The second-order valence-corrected chi connectivity index (χ2v) is 6.60. The third kappa shape index (κ3) is 3.05. The molecule has 0 aliphatic carbocycles. The van der Waals surface area contributed by atoms with Crippen LogP contribution < -0.4 is 5.43 Å². The lowest BCUT2D eigenvalue weighted by Gasteiger charge is -2.26. The van der Waals surface area contributed by atoms with Crippen LogP contribution in [0, 0.1) is 0 Å². The summed E-state index contributed by atoms with van der Waals surface area (Å²) in [6.45, 7) is 2.82. The molecule has 4 heteroatoms. The maximum absolute atomic E-state index is 12.9. The second-order valence-electron chi connectivity index (χ2n) is 6.60. The Balaban J connectivity index is 1.82. The fourth-order valence-corrected chi connectivity index (χ4v) is 3.57. The van der Waals surface area contributed by atoms with Crippen LogP contribution in [0.25, 0.3) is 22.3 Å². The average Bonchev–Trinajstić information content (AvgIpc) is 2.66. The SMILES string of the molecule is O=c1c(O)c(-c2ccccc2)oc2cccc(CN3CCCCC3)c12. The van der Waals surface area contributed by atoms with Gasteiger partial charge in [-0.05, 0) is 37.6 Å². The lowest BCUT2D eigenvalue weighted by Crippen LogP contribution is -2.29. The fourth-order valence-electron chi connectivity index (χ4n) is 3.57. The van der Waals surface area contributed by atoms with Gasteiger partial charge in [0.25, 0.3) is 0 Å². The Labute approximate surface area is 146 Å². The van der Waals surface area contributed by atoms with Gasteiger partial charge in [0.1, 0.15) is 5.58 Å². The van der Waals surface area contributed by atoms with Gasteiger partial charge in [0.05, 0.1) is 5.39 Å². The molecule has 0 atom stereocenters. The molecule has 1 aliphatic rings. The van der Waals surface area contributed by atoms with Crippen molar-refractivity contribution in [1.29, 1.82) is 0 Å². The lowest BCUT2D eigenvalue weighted by atomic mass is 10.0. The Bertz CT molecular complexity index is 941. The summed E-state index contributed by atoms with van der Waals surface area (Å²) in [6, 6.07) is 14.9. The number of fused-ring (bicyclic) bond motifs is 1. The molecule has 0 radical (unpaired) electrons. The smallest absolute Gasteiger partial charge is 0.235 e. The summed E-state index contributed by atoms with van der Waals surface area (Å²) < 4.78 is 5.92. The Morgan fingerprint density at radius 1 is 0.960 bits per heavy atom. The zero-order valence-electron chi connectivity index (χ0n) is 14.1. The minimum absolute atomic E-state index is 0.230. The van der Waals surface area contributed by atoms with Gasteiger partial charge in [0, 0.05) is 12.1 Å². The highest BCUT2D eigenvalue weighted by Crippen LogP contribution is 2.31. The molecule has 1 aliphatic heterocycles. The van der Waals surface area contributed by atoms with Gasteiger partial charge in [-0.1, -0.05) is 48.9 Å². The molecular formula is C21H21NO3. The van der Waals surface area contributed by atoms with Crippen molar-refractivity contribution in [3.8, 4) is 17.1 Å². The number of benzene rings is 2. The van der Waals surface area contributed by atoms with Gasteiger partial charge < -0.3 is 9.52 Å². The van der Waals surface area contributed by atoms with Crippen molar-refractivity contribution in [3.05, 3.63) is 64.3 Å². The summed E-state index contributed by atoms with van der Waals surface area (Å²) >= 11 is 0. The number of aromatic hydroxyl groups is 1. The molecule has 4 rings (SSSR count). The van der Waals surface area contributed by atoms with Gasteiger partial charge in [-0.15, -0.1) is 0 Å². The summed E-state index contributed by atoms with van der Waals surface area (Å²) in [5.41, 5.74) is 1.78. The van der Waals surface area contributed by atoms with Crippen LogP contribution in [-0.2, 0) is 6.54 Å². The van der Waals surface area contributed by atoms with Crippen molar-refractivity contribution in [2.45, 2.75) is 25.8 Å². The topological polar surface area (TPSA) is 53.7 Å². The highest BCUT2D eigenvalue weighted by molar-refractivity contribution is 5.84. The number of nitrogens with zero attached hydrogens (tertiary/aromatic N) is 1. The van der Waals surface area contributed by atoms with Crippen LogP contribution in [0.15, 0.2) is 57.7 Å². The zero-order valence-corrected chi connectivity index (χ0v) is 14.1. The molecule has 1 saturated heterocycles. The average molecular weight is 335 g/mol. The largest absolute Gasteiger partial charge is 0.502 e. The number of piperidine rings is 1. The van der Waals surface area contributed by atoms with E-state index in [0.717, 1.165) is 18.7 Å². The molecule has 1 N–H and O–H groups in total. The first-order chi connectivity index (χ1) is 12.2. The van der Waals surface area contributed by atoms with E-state index < -0.39 is 0 Å². The number of rotatable bonds is 3. The molecule has 1 fully saturated rings. The first-order valence-corrected chi connectivity index (χ1v) is 8.79. The molecule has 0 bridgehead atoms. The van der Waals surface area contributed by atoms with E-state index in [9.17, 15) is 9.90 Å². The van der Waals surface area contributed by atoms with E-state index in [-0.39, 0.29) is 16.9 Å². The molecule has 4 nitrogen and oxygen atoms in total. The summed E-state index contributed by atoms with van der Waals surface area (Å²) in [5, 5.41) is 11.0. The summed E-state index contributed by atoms with van der Waals surface area (Å²) in [5.74, 6) is -0.0852. The van der Waals surface area contributed by atoms with Crippen molar-refractivity contribution in [3.63, 3.8) is 0 Å². The van der Waals surface area contributed by atoms with Gasteiger partial charge in [0.15, 0.2) is 5.76 Å². The molecule has 0 amide bonds.